The number of aromatic nitrogens is 3. The molecule has 0 fully saturated rings. The van der Waals surface area contributed by atoms with Gasteiger partial charge in [-0.2, -0.15) is 5.10 Å². The molecule has 0 aliphatic carbocycles. The fourth-order valence-corrected chi connectivity index (χ4v) is 2.09. The lowest BCUT2D eigenvalue weighted by Crippen LogP contribution is -2.22. The van der Waals surface area contributed by atoms with Crippen LogP contribution in [0.3, 0.4) is 0 Å². The lowest BCUT2D eigenvalue weighted by molar-refractivity contribution is 0.242. The van der Waals surface area contributed by atoms with Crippen molar-refractivity contribution in [3.05, 3.63) is 39.3 Å². The Labute approximate surface area is 120 Å². The van der Waals surface area contributed by atoms with Crippen LogP contribution in [0.4, 0.5) is 4.39 Å². The molecule has 0 saturated carbocycles. The van der Waals surface area contributed by atoms with Crippen LogP contribution in [-0.2, 0) is 7.05 Å². The van der Waals surface area contributed by atoms with Gasteiger partial charge in [0.2, 0.25) is 0 Å². The van der Waals surface area contributed by atoms with Crippen LogP contribution in [0.2, 0.25) is 5.02 Å². The Balaban J connectivity index is 2.65. The zero-order chi connectivity index (χ0) is 15.0. The van der Waals surface area contributed by atoms with E-state index in [-0.39, 0.29) is 16.8 Å². The maximum absolute atomic E-state index is 14.1. The quantitative estimate of drug-likeness (QED) is 0.875. The van der Waals surface area contributed by atoms with Crippen molar-refractivity contribution in [3.63, 3.8) is 0 Å². The second-order valence-electron chi connectivity index (χ2n) is 4.69. The minimum absolute atomic E-state index is 0.0700. The Morgan fingerprint density at radius 1 is 1.40 bits per heavy atom. The van der Waals surface area contributed by atoms with Gasteiger partial charge in [-0.1, -0.05) is 11.6 Å². The van der Waals surface area contributed by atoms with Crippen LogP contribution < -0.4 is 10.4 Å². The molecule has 7 heteroatoms. The van der Waals surface area contributed by atoms with Gasteiger partial charge in [0.15, 0.2) is 0 Å². The summed E-state index contributed by atoms with van der Waals surface area (Å²) in [5, 5.41) is 4.13. The second kappa shape index (κ2) is 5.28. The first kappa shape index (κ1) is 14.6. The van der Waals surface area contributed by atoms with Crippen molar-refractivity contribution in [1.82, 2.24) is 14.3 Å². The van der Waals surface area contributed by atoms with E-state index in [0.717, 1.165) is 10.7 Å². The summed E-state index contributed by atoms with van der Waals surface area (Å²) in [5.41, 5.74) is -0.361. The number of hydrogen-bond donors (Lipinski definition) is 0. The summed E-state index contributed by atoms with van der Waals surface area (Å²) in [4.78, 5) is 12.0. The van der Waals surface area contributed by atoms with Crippen molar-refractivity contribution >= 4 is 11.6 Å². The molecule has 20 heavy (non-hydrogen) atoms. The first-order valence-corrected chi connectivity index (χ1v) is 6.47. The first-order valence-electron chi connectivity index (χ1n) is 6.10. The normalized spacial score (nSPS) is 11.2. The van der Waals surface area contributed by atoms with Crippen LogP contribution in [0, 0.1) is 12.7 Å². The van der Waals surface area contributed by atoms with Crippen LogP contribution in [0.1, 0.15) is 19.7 Å². The van der Waals surface area contributed by atoms with E-state index in [1.54, 1.807) is 6.92 Å². The summed E-state index contributed by atoms with van der Waals surface area (Å²) in [6, 6.07) is 2.54. The van der Waals surface area contributed by atoms with E-state index in [0.29, 0.717) is 11.6 Å². The van der Waals surface area contributed by atoms with Crippen molar-refractivity contribution in [2.75, 3.05) is 0 Å². The van der Waals surface area contributed by atoms with Gasteiger partial charge in [-0.05, 0) is 26.8 Å². The Kier molecular flexibility index (Phi) is 3.85. The highest BCUT2D eigenvalue weighted by atomic mass is 35.5. The largest absolute Gasteiger partial charge is 0.489 e. The molecule has 0 bridgehead atoms. The fraction of sp³-hybridized carbons (Fsp3) is 0.385. The molecule has 1 aromatic carbocycles. The third-order valence-electron chi connectivity index (χ3n) is 2.69. The number of halogens is 2. The summed E-state index contributed by atoms with van der Waals surface area (Å²) in [6.07, 6.45) is -0.113. The minimum atomic E-state index is -0.607. The molecule has 0 N–H and O–H groups in total. The minimum Gasteiger partial charge on any atom is -0.489 e. The number of hydrogen-bond acceptors (Lipinski definition) is 3. The van der Waals surface area contributed by atoms with Gasteiger partial charge < -0.3 is 4.74 Å². The summed E-state index contributed by atoms with van der Waals surface area (Å²) in [6.45, 7) is 5.29. The molecule has 2 aromatic rings. The maximum Gasteiger partial charge on any atom is 0.350 e. The van der Waals surface area contributed by atoms with Crippen LogP contribution in [0.15, 0.2) is 16.9 Å². The molecule has 0 amide bonds. The number of aryl methyl sites for hydroxylation is 2. The Morgan fingerprint density at radius 2 is 2.05 bits per heavy atom. The lowest BCUT2D eigenvalue weighted by Gasteiger charge is -2.13. The zero-order valence-corrected chi connectivity index (χ0v) is 12.4. The van der Waals surface area contributed by atoms with E-state index in [1.807, 2.05) is 13.8 Å². The SMILES string of the molecule is Cc1nn(C)c(=O)n1-c1cc(OC(C)C)c(Cl)cc1F. The van der Waals surface area contributed by atoms with Gasteiger partial charge in [-0.25, -0.2) is 18.4 Å². The first-order chi connectivity index (χ1) is 9.31. The van der Waals surface area contributed by atoms with Gasteiger partial charge in [0, 0.05) is 13.1 Å². The third-order valence-corrected chi connectivity index (χ3v) is 2.99. The van der Waals surface area contributed by atoms with Crippen molar-refractivity contribution in [1.29, 1.82) is 0 Å². The van der Waals surface area contributed by atoms with Crippen LogP contribution in [0.5, 0.6) is 5.75 Å². The van der Waals surface area contributed by atoms with Crippen LogP contribution >= 0.6 is 11.6 Å². The van der Waals surface area contributed by atoms with Crippen molar-refractivity contribution in [2.45, 2.75) is 26.9 Å². The molecule has 0 unspecified atom stereocenters. The van der Waals surface area contributed by atoms with Gasteiger partial charge in [-0.3, -0.25) is 0 Å². The Hall–Kier alpha value is -1.82. The Bertz CT molecular complexity index is 706. The highest BCUT2D eigenvalue weighted by Gasteiger charge is 2.17. The molecule has 0 saturated heterocycles. The smallest absolute Gasteiger partial charge is 0.350 e. The summed E-state index contributed by atoms with van der Waals surface area (Å²) in [7, 11) is 1.51. The molecule has 1 heterocycles. The standard InChI is InChI=1S/C13H15ClFN3O2/c1-7(2)20-12-6-11(10(15)5-9(12)14)18-8(3)16-17(4)13(18)19/h5-7H,1-4H3. The molecule has 2 rings (SSSR count). The topological polar surface area (TPSA) is 49.0 Å². The van der Waals surface area contributed by atoms with Crippen molar-refractivity contribution in [3.8, 4) is 11.4 Å². The third kappa shape index (κ3) is 2.56. The molecular formula is C13H15ClFN3O2. The summed E-state index contributed by atoms with van der Waals surface area (Å²) in [5.74, 6) is 0.103. The predicted octanol–water partition coefficient (Wildman–Crippen LogP) is 2.46. The van der Waals surface area contributed by atoms with Gasteiger partial charge in [0.1, 0.15) is 17.4 Å². The molecule has 0 atom stereocenters. The van der Waals surface area contributed by atoms with Gasteiger partial charge >= 0.3 is 5.69 Å². The molecular weight excluding hydrogens is 285 g/mol. The number of ether oxygens (including phenoxy) is 1. The molecule has 0 aliphatic heterocycles. The molecule has 0 spiro atoms. The second-order valence-corrected chi connectivity index (χ2v) is 5.10. The van der Waals surface area contributed by atoms with Crippen molar-refractivity contribution < 1.29 is 9.13 Å². The maximum atomic E-state index is 14.1. The van der Waals surface area contributed by atoms with E-state index in [4.69, 9.17) is 16.3 Å². The summed E-state index contributed by atoms with van der Waals surface area (Å²) >= 11 is 5.94. The Morgan fingerprint density at radius 3 is 2.55 bits per heavy atom. The zero-order valence-electron chi connectivity index (χ0n) is 11.6. The highest BCUT2D eigenvalue weighted by molar-refractivity contribution is 6.32. The van der Waals surface area contributed by atoms with E-state index in [1.165, 1.54) is 17.7 Å². The van der Waals surface area contributed by atoms with Gasteiger partial charge in [0.25, 0.3) is 0 Å². The number of benzene rings is 1. The van der Waals surface area contributed by atoms with Gasteiger partial charge in [-0.15, -0.1) is 0 Å². The highest BCUT2D eigenvalue weighted by Crippen LogP contribution is 2.30. The fourth-order valence-electron chi connectivity index (χ4n) is 1.90. The molecule has 1 aromatic heterocycles. The molecule has 0 aliphatic rings. The molecule has 108 valence electrons. The average Bonchev–Trinajstić information content (AvgIpc) is 2.57. The van der Waals surface area contributed by atoms with E-state index < -0.39 is 11.5 Å². The molecule has 5 nitrogen and oxygen atoms in total. The lowest BCUT2D eigenvalue weighted by atomic mass is 10.2. The van der Waals surface area contributed by atoms with E-state index >= 15 is 0 Å². The molecule has 0 radical (unpaired) electrons. The van der Waals surface area contributed by atoms with E-state index in [2.05, 4.69) is 5.10 Å². The van der Waals surface area contributed by atoms with Crippen LogP contribution in [-0.4, -0.2) is 20.5 Å². The van der Waals surface area contributed by atoms with Crippen molar-refractivity contribution in [2.24, 2.45) is 7.05 Å². The predicted molar refractivity (Wildman–Crippen MR) is 74.3 cm³/mol. The monoisotopic (exact) mass is 299 g/mol. The number of rotatable bonds is 3. The number of nitrogens with zero attached hydrogens (tertiary/aromatic N) is 3. The van der Waals surface area contributed by atoms with Gasteiger partial charge in [0.05, 0.1) is 16.8 Å². The van der Waals surface area contributed by atoms with E-state index in [9.17, 15) is 9.18 Å². The summed E-state index contributed by atoms with van der Waals surface area (Å²) < 4.78 is 21.9. The van der Waals surface area contributed by atoms with Crippen LogP contribution in [0.25, 0.3) is 5.69 Å². The average molecular weight is 300 g/mol.